The Morgan fingerprint density at radius 3 is 2.33 bits per heavy atom. The molecule has 1 N–H and O–H groups in total. The molecule has 3 rings (SSSR count). The Hall–Kier alpha value is -2.30. The Morgan fingerprint density at radius 2 is 1.70 bits per heavy atom. The predicted molar refractivity (Wildman–Crippen MR) is 112 cm³/mol. The molecule has 1 aliphatic heterocycles. The van der Waals surface area contributed by atoms with Gasteiger partial charge in [0, 0.05) is 38.4 Å². The second-order valence-corrected chi connectivity index (χ2v) is 7.08. The first kappa shape index (κ1) is 19.5. The Bertz CT molecular complexity index is 720. The highest BCUT2D eigenvalue weighted by Gasteiger charge is 2.19. The van der Waals surface area contributed by atoms with Gasteiger partial charge in [0.05, 0.1) is 0 Å². The quantitative estimate of drug-likeness (QED) is 0.811. The lowest BCUT2D eigenvalue weighted by atomic mass is 10.1. The molecule has 1 atom stereocenters. The molecule has 27 heavy (non-hydrogen) atoms. The lowest BCUT2D eigenvalue weighted by molar-refractivity contribution is 0.0663. The monoisotopic (exact) mass is 366 g/mol. The second-order valence-electron chi connectivity index (χ2n) is 7.08. The van der Waals surface area contributed by atoms with Crippen molar-refractivity contribution in [3.05, 3.63) is 66.2 Å². The van der Waals surface area contributed by atoms with Crippen LogP contribution in [-0.4, -0.2) is 55.4 Å². The van der Waals surface area contributed by atoms with Gasteiger partial charge in [-0.15, -0.1) is 0 Å². The number of aliphatic hydroxyl groups excluding tert-OH is 1. The zero-order valence-corrected chi connectivity index (χ0v) is 16.3. The summed E-state index contributed by atoms with van der Waals surface area (Å²) in [4.78, 5) is 4.71. The number of aliphatic hydroxyl groups is 1. The Morgan fingerprint density at radius 1 is 1.04 bits per heavy atom. The van der Waals surface area contributed by atoms with Crippen LogP contribution in [0, 0.1) is 0 Å². The number of para-hydroxylation sites is 1. The zero-order chi connectivity index (χ0) is 19.1. The van der Waals surface area contributed by atoms with Gasteiger partial charge in [0.15, 0.2) is 0 Å². The number of nitrogens with zero attached hydrogens (tertiary/aromatic N) is 2. The number of hydrogen-bond acceptors (Lipinski definition) is 4. The summed E-state index contributed by atoms with van der Waals surface area (Å²) in [5, 5.41) is 10.3. The molecule has 0 radical (unpaired) electrons. The van der Waals surface area contributed by atoms with E-state index in [2.05, 4.69) is 59.2 Å². The van der Waals surface area contributed by atoms with Crippen LogP contribution in [0.5, 0.6) is 5.75 Å². The molecule has 1 aliphatic rings. The van der Waals surface area contributed by atoms with Crippen LogP contribution in [-0.2, 0) is 0 Å². The van der Waals surface area contributed by atoms with Gasteiger partial charge < -0.3 is 14.7 Å². The number of ether oxygens (including phenoxy) is 1. The molecule has 0 aromatic heterocycles. The number of rotatable bonds is 7. The summed E-state index contributed by atoms with van der Waals surface area (Å²) in [6.07, 6.45) is 1.61. The second kappa shape index (κ2) is 9.58. The Kier molecular flexibility index (Phi) is 6.91. The van der Waals surface area contributed by atoms with Gasteiger partial charge >= 0.3 is 0 Å². The summed E-state index contributed by atoms with van der Waals surface area (Å²) in [5.41, 5.74) is 3.72. The first-order valence-corrected chi connectivity index (χ1v) is 9.72. The molecule has 144 valence electrons. The molecule has 4 heteroatoms. The summed E-state index contributed by atoms with van der Waals surface area (Å²) >= 11 is 0. The maximum atomic E-state index is 10.3. The van der Waals surface area contributed by atoms with Gasteiger partial charge in [0.25, 0.3) is 0 Å². The lowest BCUT2D eigenvalue weighted by Gasteiger charge is -2.36. The van der Waals surface area contributed by atoms with Crippen LogP contribution in [0.3, 0.4) is 0 Å². The van der Waals surface area contributed by atoms with Crippen molar-refractivity contribution in [3.8, 4) is 5.75 Å². The molecule has 2 aromatic carbocycles. The molecule has 1 saturated heterocycles. The largest absolute Gasteiger partial charge is 0.491 e. The number of hydrogen-bond donors (Lipinski definition) is 1. The molecule has 0 bridgehead atoms. The fraction of sp³-hybridized carbons (Fsp3) is 0.391. The first-order valence-electron chi connectivity index (χ1n) is 9.72. The predicted octanol–water partition coefficient (Wildman–Crippen LogP) is 3.67. The molecule has 0 saturated carbocycles. The van der Waals surface area contributed by atoms with Crippen molar-refractivity contribution in [2.24, 2.45) is 0 Å². The van der Waals surface area contributed by atoms with Gasteiger partial charge in [-0.1, -0.05) is 36.4 Å². The van der Waals surface area contributed by atoms with E-state index >= 15 is 0 Å². The molecular formula is C23H30N2O2. The Balaban J connectivity index is 1.40. The number of allylic oxidation sites excluding steroid dienone is 2. The van der Waals surface area contributed by atoms with E-state index in [4.69, 9.17) is 4.74 Å². The molecule has 1 fully saturated rings. The zero-order valence-electron chi connectivity index (χ0n) is 16.3. The summed E-state index contributed by atoms with van der Waals surface area (Å²) in [6, 6.07) is 18.6. The van der Waals surface area contributed by atoms with Crippen LogP contribution in [0.1, 0.15) is 19.4 Å². The van der Waals surface area contributed by atoms with Crippen LogP contribution in [0.25, 0.3) is 5.57 Å². The summed E-state index contributed by atoms with van der Waals surface area (Å²) in [6.45, 7) is 9.01. The van der Waals surface area contributed by atoms with Gasteiger partial charge in [-0.25, -0.2) is 0 Å². The van der Waals surface area contributed by atoms with Crippen LogP contribution in [0.4, 0.5) is 5.69 Å². The lowest BCUT2D eigenvalue weighted by Crippen LogP contribution is -2.49. The maximum absolute atomic E-state index is 10.3. The van der Waals surface area contributed by atoms with Crippen LogP contribution < -0.4 is 9.64 Å². The minimum Gasteiger partial charge on any atom is -0.491 e. The topological polar surface area (TPSA) is 35.9 Å². The van der Waals surface area contributed by atoms with Crippen LogP contribution in [0.2, 0.25) is 0 Å². The molecule has 0 spiro atoms. The van der Waals surface area contributed by atoms with Crippen molar-refractivity contribution in [2.75, 3.05) is 44.2 Å². The van der Waals surface area contributed by atoms with Crippen molar-refractivity contribution >= 4 is 11.3 Å². The van der Waals surface area contributed by atoms with Gasteiger partial charge in [-0.05, 0) is 49.2 Å². The Labute approximate surface area is 162 Å². The maximum Gasteiger partial charge on any atom is 0.119 e. The van der Waals surface area contributed by atoms with Gasteiger partial charge in [-0.3, -0.25) is 4.90 Å². The summed E-state index contributed by atoms with van der Waals surface area (Å²) in [7, 11) is 0. The molecule has 0 amide bonds. The highest BCUT2D eigenvalue weighted by atomic mass is 16.5. The van der Waals surface area contributed by atoms with Crippen LogP contribution in [0.15, 0.2) is 60.7 Å². The normalized spacial score (nSPS) is 17.0. The summed E-state index contributed by atoms with van der Waals surface area (Å²) in [5.74, 6) is 0.801. The molecule has 1 heterocycles. The minimum absolute atomic E-state index is 0.320. The highest BCUT2D eigenvalue weighted by molar-refractivity contribution is 5.63. The highest BCUT2D eigenvalue weighted by Crippen LogP contribution is 2.19. The van der Waals surface area contributed by atoms with E-state index in [1.54, 1.807) is 0 Å². The number of β-amino-alcohol motifs (C(OH)–C–C–N with tert-alkyl or cyclic N) is 1. The number of anilines is 1. The van der Waals surface area contributed by atoms with E-state index in [9.17, 15) is 5.11 Å². The van der Waals surface area contributed by atoms with Crippen molar-refractivity contribution in [2.45, 2.75) is 20.0 Å². The summed E-state index contributed by atoms with van der Waals surface area (Å²) < 4.78 is 5.76. The van der Waals surface area contributed by atoms with E-state index in [0.29, 0.717) is 13.2 Å². The van der Waals surface area contributed by atoms with E-state index in [1.165, 1.54) is 16.8 Å². The molecule has 1 unspecified atom stereocenters. The standard InChI is InChI=1S/C23H30N2O2/c1-3-19(2)20-9-11-23(12-10-20)27-18-22(26)17-24-13-15-25(16-14-24)21-7-5-4-6-8-21/h3-12,22,26H,13-18H2,1-2H3/b19-3-. The van der Waals surface area contributed by atoms with E-state index in [1.807, 2.05) is 25.1 Å². The fourth-order valence-electron chi connectivity index (χ4n) is 3.35. The van der Waals surface area contributed by atoms with Crippen molar-refractivity contribution in [3.63, 3.8) is 0 Å². The fourth-order valence-corrected chi connectivity index (χ4v) is 3.35. The molecular weight excluding hydrogens is 336 g/mol. The first-order chi connectivity index (χ1) is 13.2. The van der Waals surface area contributed by atoms with Gasteiger partial charge in [0.2, 0.25) is 0 Å². The van der Waals surface area contributed by atoms with Crippen molar-refractivity contribution in [1.82, 2.24) is 4.90 Å². The molecule has 2 aromatic rings. The van der Waals surface area contributed by atoms with E-state index in [0.717, 1.165) is 31.9 Å². The third-order valence-corrected chi connectivity index (χ3v) is 5.15. The number of piperazine rings is 1. The third-order valence-electron chi connectivity index (χ3n) is 5.15. The van der Waals surface area contributed by atoms with Crippen molar-refractivity contribution < 1.29 is 9.84 Å². The third kappa shape index (κ3) is 5.59. The van der Waals surface area contributed by atoms with Gasteiger partial charge in [0.1, 0.15) is 18.5 Å². The molecule has 0 aliphatic carbocycles. The average molecular weight is 367 g/mol. The van der Waals surface area contributed by atoms with Crippen molar-refractivity contribution in [1.29, 1.82) is 0 Å². The smallest absolute Gasteiger partial charge is 0.119 e. The van der Waals surface area contributed by atoms with E-state index in [-0.39, 0.29) is 0 Å². The molecule has 4 nitrogen and oxygen atoms in total. The van der Waals surface area contributed by atoms with E-state index < -0.39 is 6.10 Å². The number of benzene rings is 2. The minimum atomic E-state index is -0.481. The SMILES string of the molecule is C/C=C(/C)c1ccc(OCC(O)CN2CCN(c3ccccc3)CC2)cc1. The van der Waals surface area contributed by atoms with Gasteiger partial charge in [-0.2, -0.15) is 0 Å². The average Bonchev–Trinajstić information content (AvgIpc) is 2.73. The van der Waals surface area contributed by atoms with Crippen LogP contribution >= 0.6 is 0 Å².